The van der Waals surface area contributed by atoms with E-state index in [1.807, 2.05) is 6.08 Å². The summed E-state index contributed by atoms with van der Waals surface area (Å²) >= 11 is 0. The highest BCUT2D eigenvalue weighted by Gasteiger charge is 2.32. The second-order valence-electron chi connectivity index (χ2n) is 5.64. The fraction of sp³-hybridized carbons (Fsp3) is 0.0952. The van der Waals surface area contributed by atoms with Crippen LogP contribution in [0.15, 0.2) is 73.3 Å². The quantitative estimate of drug-likeness (QED) is 0.703. The Morgan fingerprint density at radius 2 is 1.24 bits per heavy atom. The Hall–Kier alpha value is -2.34. The van der Waals surface area contributed by atoms with Crippen LogP contribution < -0.4 is 0 Å². The lowest BCUT2D eigenvalue weighted by atomic mass is 9.77. The normalized spacial score (nSPS) is 21.6. The third-order valence-electron chi connectivity index (χ3n) is 4.55. The van der Waals surface area contributed by atoms with Gasteiger partial charge in [0.2, 0.25) is 0 Å². The van der Waals surface area contributed by atoms with Gasteiger partial charge in [0.15, 0.2) is 0 Å². The fourth-order valence-corrected chi connectivity index (χ4v) is 3.53. The van der Waals surface area contributed by atoms with Crippen molar-refractivity contribution in [2.75, 3.05) is 0 Å². The molecule has 21 heavy (non-hydrogen) atoms. The highest BCUT2D eigenvalue weighted by molar-refractivity contribution is 5.69. The molecule has 2 unspecified atom stereocenters. The first kappa shape index (κ1) is 12.4. The van der Waals surface area contributed by atoms with E-state index >= 15 is 0 Å². The summed E-state index contributed by atoms with van der Waals surface area (Å²) in [4.78, 5) is 0. The van der Waals surface area contributed by atoms with Crippen LogP contribution in [0.25, 0.3) is 12.2 Å². The molecular weight excluding hydrogens is 252 g/mol. The first-order valence-electron chi connectivity index (χ1n) is 7.42. The van der Waals surface area contributed by atoms with E-state index in [1.165, 1.54) is 28.2 Å². The molecule has 2 atom stereocenters. The van der Waals surface area contributed by atoms with E-state index in [-0.39, 0.29) is 0 Å². The Morgan fingerprint density at radius 1 is 0.762 bits per heavy atom. The number of rotatable bonds is 3. The lowest BCUT2D eigenvalue weighted by Gasteiger charge is -2.25. The summed E-state index contributed by atoms with van der Waals surface area (Å²) in [5, 5.41) is 0. The minimum atomic E-state index is 0.347. The van der Waals surface area contributed by atoms with Crippen LogP contribution in [0.1, 0.15) is 34.1 Å². The van der Waals surface area contributed by atoms with Crippen molar-refractivity contribution in [3.8, 4) is 0 Å². The SMILES string of the molecule is C=C[C](C1C=Cc2ccccc21)C1C=Cc2ccccc21. The molecule has 0 amide bonds. The molecule has 0 N–H and O–H groups in total. The second-order valence-corrected chi connectivity index (χ2v) is 5.64. The molecule has 0 saturated carbocycles. The largest absolute Gasteiger partial charge is 0.102 e. The first-order valence-corrected chi connectivity index (χ1v) is 7.42. The zero-order chi connectivity index (χ0) is 14.2. The van der Waals surface area contributed by atoms with Crippen molar-refractivity contribution in [3.63, 3.8) is 0 Å². The Morgan fingerprint density at radius 3 is 1.71 bits per heavy atom. The van der Waals surface area contributed by atoms with Crippen LogP contribution in [0.4, 0.5) is 0 Å². The summed E-state index contributed by atoms with van der Waals surface area (Å²) in [5.41, 5.74) is 5.45. The number of hydrogen-bond donors (Lipinski definition) is 0. The van der Waals surface area contributed by atoms with Crippen LogP contribution in [0, 0.1) is 5.92 Å². The Kier molecular flexibility index (Phi) is 2.89. The minimum absolute atomic E-state index is 0.347. The topological polar surface area (TPSA) is 0 Å². The number of hydrogen-bond acceptors (Lipinski definition) is 0. The molecule has 2 aromatic rings. The molecule has 0 heteroatoms. The molecule has 0 fully saturated rings. The van der Waals surface area contributed by atoms with Gasteiger partial charge >= 0.3 is 0 Å². The molecule has 2 aromatic carbocycles. The van der Waals surface area contributed by atoms with Gasteiger partial charge < -0.3 is 0 Å². The standard InChI is InChI=1S/C21H17/c1-2-17(20-13-11-15-7-3-5-9-18(15)20)21-14-12-16-8-4-6-10-19(16)21/h2-14,20-21H,1H2. The molecule has 0 aliphatic heterocycles. The molecule has 0 spiro atoms. The van der Waals surface area contributed by atoms with Gasteiger partial charge in [-0.3, -0.25) is 0 Å². The predicted molar refractivity (Wildman–Crippen MR) is 89.9 cm³/mol. The van der Waals surface area contributed by atoms with Crippen LogP contribution >= 0.6 is 0 Å². The third kappa shape index (κ3) is 1.91. The van der Waals surface area contributed by atoms with E-state index in [2.05, 4.69) is 79.4 Å². The minimum Gasteiger partial charge on any atom is -0.102 e. The maximum Gasteiger partial charge on any atom is 0.0195 e. The Bertz CT molecular complexity index is 687. The van der Waals surface area contributed by atoms with E-state index in [0.717, 1.165) is 0 Å². The summed E-state index contributed by atoms with van der Waals surface area (Å²) < 4.78 is 0. The van der Waals surface area contributed by atoms with Crippen molar-refractivity contribution >= 4 is 12.2 Å². The summed E-state index contributed by atoms with van der Waals surface area (Å²) in [5.74, 6) is 2.07. The van der Waals surface area contributed by atoms with Crippen molar-refractivity contribution in [2.24, 2.45) is 0 Å². The van der Waals surface area contributed by atoms with E-state index in [0.29, 0.717) is 11.8 Å². The van der Waals surface area contributed by atoms with Crippen LogP contribution in [0.2, 0.25) is 0 Å². The molecular formula is C21H17. The number of fused-ring (bicyclic) bond motifs is 2. The number of benzene rings is 2. The Balaban J connectivity index is 1.74. The van der Waals surface area contributed by atoms with Gasteiger partial charge in [0.05, 0.1) is 0 Å². The third-order valence-corrected chi connectivity index (χ3v) is 4.55. The average Bonchev–Trinajstić information content (AvgIpc) is 3.14. The zero-order valence-corrected chi connectivity index (χ0v) is 11.9. The van der Waals surface area contributed by atoms with Gasteiger partial charge in [-0.25, -0.2) is 0 Å². The smallest absolute Gasteiger partial charge is 0.0195 e. The van der Waals surface area contributed by atoms with Crippen LogP contribution in [0.3, 0.4) is 0 Å². The molecule has 0 nitrogen and oxygen atoms in total. The van der Waals surface area contributed by atoms with Gasteiger partial charge in [-0.1, -0.05) is 78.9 Å². The molecule has 0 saturated heterocycles. The summed E-state index contributed by atoms with van der Waals surface area (Å²) in [6.45, 7) is 4.09. The molecule has 1 radical (unpaired) electrons. The fourth-order valence-electron chi connectivity index (χ4n) is 3.53. The van der Waals surface area contributed by atoms with Gasteiger partial charge in [0.25, 0.3) is 0 Å². The lowest BCUT2D eigenvalue weighted by molar-refractivity contribution is 0.783. The van der Waals surface area contributed by atoms with Gasteiger partial charge in [0.1, 0.15) is 0 Å². The van der Waals surface area contributed by atoms with Gasteiger partial charge in [0, 0.05) is 17.8 Å². The molecule has 4 rings (SSSR count). The van der Waals surface area contributed by atoms with E-state index in [1.54, 1.807) is 0 Å². The lowest BCUT2D eigenvalue weighted by Crippen LogP contribution is -2.12. The van der Waals surface area contributed by atoms with Crippen molar-refractivity contribution in [2.45, 2.75) is 11.8 Å². The van der Waals surface area contributed by atoms with Crippen molar-refractivity contribution in [1.29, 1.82) is 0 Å². The van der Waals surface area contributed by atoms with Crippen LogP contribution in [-0.2, 0) is 0 Å². The predicted octanol–water partition coefficient (Wildman–Crippen LogP) is 5.37. The van der Waals surface area contributed by atoms with Crippen molar-refractivity contribution in [1.82, 2.24) is 0 Å². The van der Waals surface area contributed by atoms with Crippen molar-refractivity contribution in [3.05, 3.63) is 102 Å². The number of allylic oxidation sites excluding steroid dienone is 3. The van der Waals surface area contributed by atoms with Gasteiger partial charge in [-0.15, -0.1) is 6.58 Å². The highest BCUT2D eigenvalue weighted by atomic mass is 14.3. The summed E-state index contributed by atoms with van der Waals surface area (Å²) in [6, 6.07) is 17.3. The first-order chi connectivity index (χ1) is 10.4. The zero-order valence-electron chi connectivity index (χ0n) is 11.9. The molecule has 2 aliphatic rings. The van der Waals surface area contributed by atoms with Crippen LogP contribution in [-0.4, -0.2) is 0 Å². The highest BCUT2D eigenvalue weighted by Crippen LogP contribution is 2.47. The van der Waals surface area contributed by atoms with E-state index < -0.39 is 0 Å². The monoisotopic (exact) mass is 269 g/mol. The average molecular weight is 269 g/mol. The summed E-state index contributed by atoms with van der Waals surface area (Å²) in [7, 11) is 0. The summed E-state index contributed by atoms with van der Waals surface area (Å²) in [6.07, 6.45) is 11.1. The molecule has 0 bridgehead atoms. The molecule has 101 valence electrons. The maximum absolute atomic E-state index is 4.09. The molecule has 0 aromatic heterocycles. The maximum atomic E-state index is 4.09. The van der Waals surface area contributed by atoms with Crippen LogP contribution in [0.5, 0.6) is 0 Å². The molecule has 0 heterocycles. The van der Waals surface area contributed by atoms with Gasteiger partial charge in [-0.2, -0.15) is 0 Å². The van der Waals surface area contributed by atoms with Crippen molar-refractivity contribution < 1.29 is 0 Å². The van der Waals surface area contributed by atoms with E-state index in [4.69, 9.17) is 0 Å². The van der Waals surface area contributed by atoms with Gasteiger partial charge in [-0.05, 0) is 22.3 Å². The molecule has 2 aliphatic carbocycles. The second kappa shape index (κ2) is 4.89. The Labute approximate surface area is 126 Å². The van der Waals surface area contributed by atoms with E-state index in [9.17, 15) is 0 Å².